The van der Waals surface area contributed by atoms with Crippen LogP contribution in [0.25, 0.3) is 16.6 Å². The average Bonchev–Trinajstić information content (AvgIpc) is 2.73. The van der Waals surface area contributed by atoms with Crippen molar-refractivity contribution < 1.29 is 9.13 Å². The maximum atomic E-state index is 14.5. The van der Waals surface area contributed by atoms with E-state index in [1.165, 1.54) is 22.4 Å². The van der Waals surface area contributed by atoms with E-state index in [2.05, 4.69) is 4.98 Å². The van der Waals surface area contributed by atoms with E-state index >= 15 is 0 Å². The van der Waals surface area contributed by atoms with Crippen LogP contribution >= 0.6 is 11.8 Å². The van der Waals surface area contributed by atoms with Gasteiger partial charge in [0.25, 0.3) is 5.56 Å². The van der Waals surface area contributed by atoms with E-state index in [0.717, 1.165) is 11.3 Å². The Balaban J connectivity index is 1.83. The normalized spacial score (nSPS) is 10.9. The fourth-order valence-electron chi connectivity index (χ4n) is 2.96. The lowest BCUT2D eigenvalue weighted by atomic mass is 10.2. The van der Waals surface area contributed by atoms with Crippen molar-refractivity contribution in [3.8, 4) is 11.4 Å². The van der Waals surface area contributed by atoms with Gasteiger partial charge in [0.05, 0.1) is 23.7 Å². The van der Waals surface area contributed by atoms with Crippen LogP contribution < -0.4 is 10.3 Å². The zero-order valence-electron chi connectivity index (χ0n) is 15.1. The number of fused-ring (bicyclic) bond motifs is 1. The minimum atomic E-state index is -0.468. The number of ether oxygens (including phenoxy) is 1. The first-order valence-electron chi connectivity index (χ1n) is 8.70. The lowest BCUT2D eigenvalue weighted by Crippen LogP contribution is -2.22. The molecule has 0 fully saturated rings. The van der Waals surface area contributed by atoms with E-state index in [1.807, 2.05) is 30.3 Å². The molecule has 0 saturated carbocycles. The predicted octanol–water partition coefficient (Wildman–Crippen LogP) is 4.83. The highest BCUT2D eigenvalue weighted by Crippen LogP contribution is 2.26. The van der Waals surface area contributed by atoms with E-state index in [4.69, 9.17) is 4.74 Å². The third kappa shape index (κ3) is 3.51. The molecule has 0 unspecified atom stereocenters. The van der Waals surface area contributed by atoms with Crippen molar-refractivity contribution in [3.05, 3.63) is 94.5 Å². The molecule has 0 amide bonds. The molecule has 0 atom stereocenters. The quantitative estimate of drug-likeness (QED) is 0.361. The maximum Gasteiger partial charge on any atom is 0.266 e. The van der Waals surface area contributed by atoms with Crippen LogP contribution in [0.4, 0.5) is 4.39 Å². The average molecular weight is 392 g/mol. The van der Waals surface area contributed by atoms with Crippen LogP contribution in [0, 0.1) is 5.82 Å². The fourth-order valence-corrected chi connectivity index (χ4v) is 3.91. The Kier molecular flexibility index (Phi) is 5.12. The highest BCUT2D eigenvalue weighted by Gasteiger charge is 2.16. The van der Waals surface area contributed by atoms with Gasteiger partial charge in [0.1, 0.15) is 11.6 Å². The van der Waals surface area contributed by atoms with Crippen molar-refractivity contribution in [2.24, 2.45) is 0 Å². The molecular weight excluding hydrogens is 375 g/mol. The molecule has 1 heterocycles. The van der Waals surface area contributed by atoms with Gasteiger partial charge < -0.3 is 4.74 Å². The standard InChI is InChI=1S/C22H17FN2O2S/c1-27-16-8-6-7-15(13-16)14-28-22-24-19-11-4-2-9-17(19)21(26)25(22)20-12-5-3-10-18(20)23/h2-13H,14H2,1H3. The molecule has 0 bridgehead atoms. The minimum absolute atomic E-state index is 0.193. The molecule has 0 saturated heterocycles. The lowest BCUT2D eigenvalue weighted by Gasteiger charge is -2.14. The van der Waals surface area contributed by atoms with Crippen LogP contribution in [-0.2, 0) is 5.75 Å². The summed E-state index contributed by atoms with van der Waals surface area (Å²) in [6.07, 6.45) is 0. The van der Waals surface area contributed by atoms with Crippen LogP contribution in [0.5, 0.6) is 5.75 Å². The van der Waals surface area contributed by atoms with E-state index < -0.39 is 5.82 Å². The van der Waals surface area contributed by atoms with E-state index in [-0.39, 0.29) is 11.2 Å². The summed E-state index contributed by atoms with van der Waals surface area (Å²) >= 11 is 1.38. The molecule has 0 aliphatic heterocycles. The van der Waals surface area contributed by atoms with Gasteiger partial charge in [-0.15, -0.1) is 0 Å². The molecule has 0 aliphatic carbocycles. The van der Waals surface area contributed by atoms with Gasteiger partial charge in [0.15, 0.2) is 5.16 Å². The Hall–Kier alpha value is -3.12. The highest BCUT2D eigenvalue weighted by molar-refractivity contribution is 7.98. The van der Waals surface area contributed by atoms with Gasteiger partial charge in [-0.1, -0.05) is 48.2 Å². The van der Waals surface area contributed by atoms with Crippen molar-refractivity contribution >= 4 is 22.7 Å². The Morgan fingerprint density at radius 1 is 1.04 bits per heavy atom. The van der Waals surface area contributed by atoms with Crippen LogP contribution in [0.1, 0.15) is 5.56 Å². The van der Waals surface area contributed by atoms with Crippen LogP contribution in [0.15, 0.2) is 82.7 Å². The molecule has 1 aromatic heterocycles. The molecule has 140 valence electrons. The molecule has 0 radical (unpaired) electrons. The first kappa shape index (κ1) is 18.3. The molecule has 4 nitrogen and oxygen atoms in total. The van der Waals surface area contributed by atoms with Gasteiger partial charge in [-0.05, 0) is 42.0 Å². The second kappa shape index (κ2) is 7.86. The van der Waals surface area contributed by atoms with Crippen LogP contribution in [0.2, 0.25) is 0 Å². The molecule has 0 aliphatic rings. The zero-order chi connectivity index (χ0) is 19.5. The van der Waals surface area contributed by atoms with E-state index in [1.54, 1.807) is 43.5 Å². The van der Waals surface area contributed by atoms with Crippen molar-refractivity contribution in [2.45, 2.75) is 10.9 Å². The summed E-state index contributed by atoms with van der Waals surface area (Å²) < 4.78 is 21.1. The molecule has 4 rings (SSSR count). The largest absolute Gasteiger partial charge is 0.497 e. The topological polar surface area (TPSA) is 44.1 Å². The van der Waals surface area contributed by atoms with Gasteiger partial charge in [-0.3, -0.25) is 9.36 Å². The van der Waals surface area contributed by atoms with E-state index in [0.29, 0.717) is 21.8 Å². The lowest BCUT2D eigenvalue weighted by molar-refractivity contribution is 0.414. The van der Waals surface area contributed by atoms with Crippen LogP contribution in [-0.4, -0.2) is 16.7 Å². The first-order chi connectivity index (χ1) is 13.7. The first-order valence-corrected chi connectivity index (χ1v) is 9.68. The number of hydrogen-bond donors (Lipinski definition) is 0. The third-order valence-corrected chi connectivity index (χ3v) is 5.35. The second-order valence-corrected chi connectivity index (χ2v) is 7.09. The molecule has 6 heteroatoms. The molecule has 0 spiro atoms. The van der Waals surface area contributed by atoms with Crippen molar-refractivity contribution in [1.82, 2.24) is 9.55 Å². The smallest absolute Gasteiger partial charge is 0.266 e. The Labute approximate surface area is 165 Å². The monoisotopic (exact) mass is 392 g/mol. The summed E-state index contributed by atoms with van der Waals surface area (Å²) in [6.45, 7) is 0. The summed E-state index contributed by atoms with van der Waals surface area (Å²) in [5.41, 5.74) is 1.52. The Bertz CT molecular complexity index is 1210. The summed E-state index contributed by atoms with van der Waals surface area (Å²) in [6, 6.07) is 21.0. The summed E-state index contributed by atoms with van der Waals surface area (Å²) in [5, 5.41) is 0.896. The number of aromatic nitrogens is 2. The summed E-state index contributed by atoms with van der Waals surface area (Å²) in [5.74, 6) is 0.858. The fraction of sp³-hybridized carbons (Fsp3) is 0.0909. The van der Waals surface area contributed by atoms with Crippen LogP contribution in [0.3, 0.4) is 0 Å². The molecule has 28 heavy (non-hydrogen) atoms. The number of hydrogen-bond acceptors (Lipinski definition) is 4. The Morgan fingerprint density at radius 2 is 1.82 bits per heavy atom. The third-order valence-electron chi connectivity index (χ3n) is 4.34. The number of halogens is 1. The highest BCUT2D eigenvalue weighted by atomic mass is 32.2. The van der Waals surface area contributed by atoms with Gasteiger partial charge in [0, 0.05) is 5.75 Å². The van der Waals surface area contributed by atoms with Gasteiger partial charge >= 0.3 is 0 Å². The minimum Gasteiger partial charge on any atom is -0.497 e. The SMILES string of the molecule is COc1cccc(CSc2nc3ccccc3c(=O)n2-c2ccccc2F)c1. The zero-order valence-corrected chi connectivity index (χ0v) is 15.9. The number of methoxy groups -OCH3 is 1. The van der Waals surface area contributed by atoms with Crippen molar-refractivity contribution in [2.75, 3.05) is 7.11 Å². The summed E-state index contributed by atoms with van der Waals surface area (Å²) in [7, 11) is 1.62. The predicted molar refractivity (Wildman–Crippen MR) is 110 cm³/mol. The van der Waals surface area contributed by atoms with Gasteiger partial charge in [-0.25, -0.2) is 9.37 Å². The number of para-hydroxylation sites is 2. The number of nitrogens with zero attached hydrogens (tertiary/aromatic N) is 2. The maximum absolute atomic E-state index is 14.5. The second-order valence-electron chi connectivity index (χ2n) is 6.14. The number of thioether (sulfide) groups is 1. The summed E-state index contributed by atoms with van der Waals surface area (Å²) in [4.78, 5) is 17.8. The Morgan fingerprint density at radius 3 is 2.64 bits per heavy atom. The van der Waals surface area contributed by atoms with Gasteiger partial charge in [0.2, 0.25) is 0 Å². The van der Waals surface area contributed by atoms with E-state index in [9.17, 15) is 9.18 Å². The molecule has 4 aromatic rings. The number of benzene rings is 3. The molecule has 3 aromatic carbocycles. The van der Waals surface area contributed by atoms with Crippen molar-refractivity contribution in [1.29, 1.82) is 0 Å². The molecule has 0 N–H and O–H groups in total. The molecular formula is C22H17FN2O2S. The van der Waals surface area contributed by atoms with Crippen molar-refractivity contribution in [3.63, 3.8) is 0 Å². The van der Waals surface area contributed by atoms with Gasteiger partial charge in [-0.2, -0.15) is 0 Å². The number of rotatable bonds is 5.